The third-order valence-corrected chi connectivity index (χ3v) is 2.76. The number of methoxy groups -OCH3 is 1. The largest absolute Gasteiger partial charge is 0.481 e. The van der Waals surface area contributed by atoms with Crippen molar-refractivity contribution in [3.8, 4) is 5.88 Å². The molecular formula is C13H12N4O4. The normalized spacial score (nSPS) is 10.0. The van der Waals surface area contributed by atoms with Crippen molar-refractivity contribution in [1.29, 1.82) is 0 Å². The van der Waals surface area contributed by atoms with E-state index in [0.717, 1.165) is 0 Å². The Balaban J connectivity index is 2.26. The summed E-state index contributed by atoms with van der Waals surface area (Å²) in [5.41, 5.74) is 1.06. The van der Waals surface area contributed by atoms with E-state index in [1.54, 1.807) is 13.0 Å². The zero-order chi connectivity index (χ0) is 15.4. The molecule has 2 rings (SSSR count). The summed E-state index contributed by atoms with van der Waals surface area (Å²) in [6, 6.07) is 5.61. The number of nitro groups is 1. The van der Waals surface area contributed by atoms with E-state index < -0.39 is 10.8 Å². The van der Waals surface area contributed by atoms with Crippen LogP contribution in [-0.4, -0.2) is 27.9 Å². The molecule has 0 fully saturated rings. The fraction of sp³-hybridized carbons (Fsp3) is 0.154. The molecule has 0 unspecified atom stereocenters. The van der Waals surface area contributed by atoms with Crippen molar-refractivity contribution >= 4 is 17.3 Å². The van der Waals surface area contributed by atoms with E-state index in [0.29, 0.717) is 11.3 Å². The highest BCUT2D eigenvalue weighted by Gasteiger charge is 2.14. The fourth-order valence-electron chi connectivity index (χ4n) is 1.62. The summed E-state index contributed by atoms with van der Waals surface area (Å²) in [4.78, 5) is 30.0. The van der Waals surface area contributed by atoms with Crippen molar-refractivity contribution in [2.75, 3.05) is 12.4 Å². The van der Waals surface area contributed by atoms with Crippen molar-refractivity contribution in [2.45, 2.75) is 6.92 Å². The van der Waals surface area contributed by atoms with Gasteiger partial charge in [-0.2, -0.15) is 0 Å². The van der Waals surface area contributed by atoms with E-state index in [2.05, 4.69) is 15.3 Å². The molecule has 1 heterocycles. The van der Waals surface area contributed by atoms with Crippen molar-refractivity contribution in [1.82, 2.24) is 9.97 Å². The minimum Gasteiger partial charge on any atom is -0.481 e. The monoisotopic (exact) mass is 288 g/mol. The first kappa shape index (κ1) is 14.4. The smallest absolute Gasteiger partial charge is 0.274 e. The summed E-state index contributed by atoms with van der Waals surface area (Å²) in [6.45, 7) is 1.74. The Bertz CT molecular complexity index is 702. The van der Waals surface area contributed by atoms with Crippen molar-refractivity contribution in [3.05, 3.63) is 52.0 Å². The van der Waals surface area contributed by atoms with Crippen LogP contribution in [-0.2, 0) is 0 Å². The van der Waals surface area contributed by atoms with Gasteiger partial charge in [-0.25, -0.2) is 9.97 Å². The Kier molecular flexibility index (Phi) is 4.07. The van der Waals surface area contributed by atoms with E-state index in [1.807, 2.05) is 0 Å². The minimum atomic E-state index is -0.525. The summed E-state index contributed by atoms with van der Waals surface area (Å²) in [6.07, 6.45) is 1.20. The van der Waals surface area contributed by atoms with Crippen LogP contribution in [0.3, 0.4) is 0 Å². The molecular weight excluding hydrogens is 276 g/mol. The van der Waals surface area contributed by atoms with Crippen LogP contribution >= 0.6 is 0 Å². The number of nitrogens with one attached hydrogen (secondary N) is 1. The Morgan fingerprint density at radius 2 is 2.10 bits per heavy atom. The molecule has 0 atom stereocenters. The Labute approximate surface area is 120 Å². The molecule has 8 nitrogen and oxygen atoms in total. The van der Waals surface area contributed by atoms with Gasteiger partial charge in [-0.15, -0.1) is 0 Å². The van der Waals surface area contributed by atoms with Gasteiger partial charge in [0.05, 0.1) is 17.7 Å². The first-order valence-electron chi connectivity index (χ1n) is 5.93. The van der Waals surface area contributed by atoms with Crippen LogP contribution < -0.4 is 10.1 Å². The van der Waals surface area contributed by atoms with Crippen LogP contribution in [0.2, 0.25) is 0 Å². The molecule has 1 N–H and O–H groups in total. The molecule has 0 saturated heterocycles. The molecule has 0 bridgehead atoms. The van der Waals surface area contributed by atoms with Gasteiger partial charge in [-0.1, -0.05) is 6.07 Å². The SMILES string of the molecule is COc1cc(C(=O)Nc2cc([N+](=O)[O-])ccc2C)ncn1. The van der Waals surface area contributed by atoms with Crippen molar-refractivity contribution < 1.29 is 14.5 Å². The van der Waals surface area contributed by atoms with E-state index in [4.69, 9.17) is 4.74 Å². The number of amides is 1. The van der Waals surface area contributed by atoms with E-state index in [9.17, 15) is 14.9 Å². The van der Waals surface area contributed by atoms with Crippen molar-refractivity contribution in [3.63, 3.8) is 0 Å². The van der Waals surface area contributed by atoms with E-state index in [1.165, 1.54) is 31.6 Å². The van der Waals surface area contributed by atoms with Gasteiger partial charge in [0.2, 0.25) is 5.88 Å². The zero-order valence-corrected chi connectivity index (χ0v) is 11.4. The van der Waals surface area contributed by atoms with Crippen molar-refractivity contribution in [2.24, 2.45) is 0 Å². The number of carbonyl (C=O) groups is 1. The van der Waals surface area contributed by atoms with Gasteiger partial charge in [-0.3, -0.25) is 14.9 Å². The standard InChI is InChI=1S/C13H12N4O4/c1-8-3-4-9(17(19)20)5-10(8)16-13(18)11-6-12(21-2)15-7-14-11/h3-7H,1-2H3,(H,16,18). The summed E-state index contributed by atoms with van der Waals surface area (Å²) >= 11 is 0. The third-order valence-electron chi connectivity index (χ3n) is 2.76. The summed E-state index contributed by atoms with van der Waals surface area (Å²) in [5, 5.41) is 13.3. The minimum absolute atomic E-state index is 0.101. The lowest BCUT2D eigenvalue weighted by Gasteiger charge is -2.08. The molecule has 0 aliphatic rings. The number of non-ortho nitro benzene ring substituents is 1. The van der Waals surface area contributed by atoms with Crippen LogP contribution in [0.5, 0.6) is 5.88 Å². The molecule has 108 valence electrons. The molecule has 21 heavy (non-hydrogen) atoms. The number of aryl methyl sites for hydroxylation is 1. The number of hydrogen-bond donors (Lipinski definition) is 1. The molecule has 0 aliphatic heterocycles. The fourth-order valence-corrected chi connectivity index (χ4v) is 1.62. The van der Waals surface area contributed by atoms with Crippen LogP contribution in [0.4, 0.5) is 11.4 Å². The second-order valence-corrected chi connectivity index (χ2v) is 4.16. The highest BCUT2D eigenvalue weighted by molar-refractivity contribution is 6.03. The Morgan fingerprint density at radius 1 is 1.33 bits per heavy atom. The molecule has 0 saturated carbocycles. The molecule has 0 radical (unpaired) electrons. The number of nitro benzene ring substituents is 1. The van der Waals surface area contributed by atoms with E-state index in [-0.39, 0.29) is 17.3 Å². The van der Waals surface area contributed by atoms with Gasteiger partial charge < -0.3 is 10.1 Å². The number of rotatable bonds is 4. The van der Waals surface area contributed by atoms with E-state index >= 15 is 0 Å². The van der Waals surface area contributed by atoms with Gasteiger partial charge in [0, 0.05) is 18.2 Å². The molecule has 2 aromatic rings. The van der Waals surface area contributed by atoms with Crippen LogP contribution in [0.25, 0.3) is 0 Å². The average Bonchev–Trinajstić information content (AvgIpc) is 2.49. The van der Waals surface area contributed by atoms with Crippen LogP contribution in [0.15, 0.2) is 30.6 Å². The maximum absolute atomic E-state index is 12.1. The number of hydrogen-bond acceptors (Lipinski definition) is 6. The maximum Gasteiger partial charge on any atom is 0.274 e. The number of carbonyl (C=O) groups excluding carboxylic acids is 1. The van der Waals surface area contributed by atoms with Crippen LogP contribution in [0.1, 0.15) is 16.1 Å². The summed E-state index contributed by atoms with van der Waals surface area (Å²) in [7, 11) is 1.43. The summed E-state index contributed by atoms with van der Waals surface area (Å²) in [5.74, 6) is -0.245. The van der Waals surface area contributed by atoms with Gasteiger partial charge >= 0.3 is 0 Å². The topological polar surface area (TPSA) is 107 Å². The number of anilines is 1. The molecule has 0 aliphatic carbocycles. The maximum atomic E-state index is 12.1. The zero-order valence-electron chi connectivity index (χ0n) is 11.4. The predicted octanol–water partition coefficient (Wildman–Crippen LogP) is 1.95. The molecule has 1 aromatic heterocycles. The number of nitrogens with zero attached hydrogens (tertiary/aromatic N) is 3. The first-order chi connectivity index (χ1) is 10.0. The molecule has 1 aromatic carbocycles. The van der Waals surface area contributed by atoms with Gasteiger partial charge in [0.15, 0.2) is 0 Å². The lowest BCUT2D eigenvalue weighted by atomic mass is 10.1. The summed E-state index contributed by atoms with van der Waals surface area (Å²) < 4.78 is 4.91. The van der Waals surface area contributed by atoms with Gasteiger partial charge in [0.25, 0.3) is 11.6 Å². The lowest BCUT2D eigenvalue weighted by molar-refractivity contribution is -0.384. The van der Waals surface area contributed by atoms with Gasteiger partial charge in [0.1, 0.15) is 12.0 Å². The second-order valence-electron chi connectivity index (χ2n) is 4.16. The quantitative estimate of drug-likeness (QED) is 0.680. The Hall–Kier alpha value is -3.03. The number of benzene rings is 1. The molecule has 0 spiro atoms. The number of ether oxygens (including phenoxy) is 1. The van der Waals surface area contributed by atoms with Gasteiger partial charge in [-0.05, 0) is 12.5 Å². The third kappa shape index (κ3) is 3.30. The molecule has 1 amide bonds. The second kappa shape index (κ2) is 5.95. The highest BCUT2D eigenvalue weighted by Crippen LogP contribution is 2.22. The highest BCUT2D eigenvalue weighted by atomic mass is 16.6. The lowest BCUT2D eigenvalue weighted by Crippen LogP contribution is -2.15. The Morgan fingerprint density at radius 3 is 2.76 bits per heavy atom. The predicted molar refractivity (Wildman–Crippen MR) is 74.4 cm³/mol. The first-order valence-corrected chi connectivity index (χ1v) is 5.93. The average molecular weight is 288 g/mol. The number of aromatic nitrogens is 2. The van der Waals surface area contributed by atoms with Crippen LogP contribution in [0, 0.1) is 17.0 Å². The molecule has 8 heteroatoms.